The molecule has 190 valence electrons. The van der Waals surface area contributed by atoms with E-state index in [0.717, 1.165) is 32.2 Å². The molecule has 0 radical (unpaired) electrons. The number of ether oxygens (including phenoxy) is 1. The molecule has 7 nitrogen and oxygen atoms in total. The van der Waals surface area contributed by atoms with Crippen LogP contribution in [0.5, 0.6) is 0 Å². The van der Waals surface area contributed by atoms with Crippen LogP contribution in [0.3, 0.4) is 0 Å². The topological polar surface area (TPSA) is 79.0 Å². The highest BCUT2D eigenvalue weighted by atomic mass is 16.5. The summed E-state index contributed by atoms with van der Waals surface area (Å²) in [6, 6.07) is -0.773. The number of likely N-dealkylation sites (N-methyl/N-ethyl adjacent to an activating group) is 1. The van der Waals surface area contributed by atoms with Gasteiger partial charge in [-0.15, -0.1) is 0 Å². The normalized spacial score (nSPS) is 20.3. The first-order valence-electron chi connectivity index (χ1n) is 12.6. The van der Waals surface area contributed by atoms with Gasteiger partial charge in [-0.05, 0) is 58.4 Å². The van der Waals surface area contributed by atoms with Crippen LogP contribution in [0.15, 0.2) is 11.6 Å². The molecule has 33 heavy (non-hydrogen) atoms. The molecular weight excluding hydrogens is 418 g/mol. The van der Waals surface area contributed by atoms with Crippen molar-refractivity contribution in [3.63, 3.8) is 0 Å². The number of esters is 1. The molecule has 1 aliphatic heterocycles. The van der Waals surface area contributed by atoms with Crippen molar-refractivity contribution in [2.45, 2.75) is 105 Å². The lowest BCUT2D eigenvalue weighted by Gasteiger charge is -2.40. The Morgan fingerprint density at radius 1 is 1.09 bits per heavy atom. The van der Waals surface area contributed by atoms with Gasteiger partial charge in [-0.3, -0.25) is 14.5 Å². The van der Waals surface area contributed by atoms with Crippen molar-refractivity contribution < 1.29 is 19.1 Å². The van der Waals surface area contributed by atoms with Gasteiger partial charge in [0.25, 0.3) is 0 Å². The SMILES string of the molecule is CCOC(=O)/C(C)=C/C(C(C)C)N(C)C(=O)C(NC(=O)C1CCCCN1C(C)CC)C(C)C. The summed E-state index contributed by atoms with van der Waals surface area (Å²) >= 11 is 0. The fourth-order valence-electron chi connectivity index (χ4n) is 4.45. The second-order valence-corrected chi connectivity index (χ2v) is 9.99. The van der Waals surface area contributed by atoms with E-state index in [1.54, 1.807) is 31.9 Å². The molecule has 0 saturated carbocycles. The number of rotatable bonds is 11. The smallest absolute Gasteiger partial charge is 0.333 e. The molecule has 0 spiro atoms. The molecule has 0 aliphatic carbocycles. The van der Waals surface area contributed by atoms with Gasteiger partial charge < -0.3 is 15.0 Å². The van der Waals surface area contributed by atoms with Crippen LogP contribution in [0.2, 0.25) is 0 Å². The lowest BCUT2D eigenvalue weighted by Crippen LogP contribution is -2.59. The number of hydrogen-bond acceptors (Lipinski definition) is 5. The van der Waals surface area contributed by atoms with Crippen LogP contribution < -0.4 is 5.32 Å². The highest BCUT2D eigenvalue weighted by Gasteiger charge is 2.36. The first kappa shape index (κ1) is 29.1. The molecule has 1 aliphatic rings. The summed E-state index contributed by atoms with van der Waals surface area (Å²) in [5.41, 5.74) is 0.478. The van der Waals surface area contributed by atoms with Gasteiger partial charge in [0.05, 0.1) is 18.7 Å². The van der Waals surface area contributed by atoms with Gasteiger partial charge in [0, 0.05) is 18.7 Å². The minimum absolute atomic E-state index is 0.0604. The molecule has 0 aromatic rings. The largest absolute Gasteiger partial charge is 0.463 e. The molecule has 4 atom stereocenters. The lowest BCUT2D eigenvalue weighted by atomic mass is 9.95. The van der Waals surface area contributed by atoms with Gasteiger partial charge in [0.1, 0.15) is 6.04 Å². The van der Waals surface area contributed by atoms with Gasteiger partial charge in [-0.1, -0.05) is 47.1 Å². The van der Waals surface area contributed by atoms with Crippen molar-refractivity contribution in [1.29, 1.82) is 0 Å². The number of piperidine rings is 1. The maximum absolute atomic E-state index is 13.5. The van der Waals surface area contributed by atoms with Crippen LogP contribution in [0.25, 0.3) is 0 Å². The number of hydrogen-bond donors (Lipinski definition) is 1. The van der Waals surface area contributed by atoms with Crippen molar-refractivity contribution in [2.75, 3.05) is 20.2 Å². The van der Waals surface area contributed by atoms with E-state index < -0.39 is 6.04 Å². The Labute approximate surface area is 201 Å². The van der Waals surface area contributed by atoms with E-state index in [1.165, 1.54) is 0 Å². The van der Waals surface area contributed by atoms with Crippen molar-refractivity contribution in [2.24, 2.45) is 11.8 Å². The first-order valence-corrected chi connectivity index (χ1v) is 12.6. The van der Waals surface area contributed by atoms with Crippen molar-refractivity contribution in [1.82, 2.24) is 15.1 Å². The van der Waals surface area contributed by atoms with E-state index in [0.29, 0.717) is 18.2 Å². The lowest BCUT2D eigenvalue weighted by molar-refractivity contribution is -0.140. The second-order valence-electron chi connectivity index (χ2n) is 9.99. The van der Waals surface area contributed by atoms with Crippen LogP contribution in [0.1, 0.15) is 81.1 Å². The molecule has 1 rings (SSSR count). The third-order valence-electron chi connectivity index (χ3n) is 6.73. The minimum atomic E-state index is -0.624. The molecule has 0 aromatic carbocycles. The molecule has 0 bridgehead atoms. The van der Waals surface area contributed by atoms with Gasteiger partial charge in [0.2, 0.25) is 11.8 Å². The molecular formula is C26H47N3O4. The highest BCUT2D eigenvalue weighted by Crippen LogP contribution is 2.22. The number of carbonyl (C=O) groups is 3. The Morgan fingerprint density at radius 3 is 2.24 bits per heavy atom. The van der Waals surface area contributed by atoms with Gasteiger partial charge in [-0.25, -0.2) is 4.79 Å². The first-order chi connectivity index (χ1) is 15.5. The number of amides is 2. The second kappa shape index (κ2) is 13.7. The predicted octanol–water partition coefficient (Wildman–Crippen LogP) is 3.77. The zero-order valence-electron chi connectivity index (χ0n) is 22.3. The predicted molar refractivity (Wildman–Crippen MR) is 133 cm³/mol. The van der Waals surface area contributed by atoms with E-state index in [2.05, 4.69) is 24.1 Å². The Bertz CT molecular complexity index is 689. The van der Waals surface area contributed by atoms with E-state index in [-0.39, 0.29) is 41.7 Å². The standard InChI is InChI=1S/C26H47N3O4/c1-10-20(8)29-15-13-12-14-21(29)24(30)27-23(18(5)6)25(31)28(9)22(17(3)4)16-19(7)26(32)33-11-2/h16-18,20-23H,10-15H2,1-9H3,(H,27,30)/b19-16+. The summed E-state index contributed by atoms with van der Waals surface area (Å²) in [6.07, 6.45) is 5.73. The number of nitrogens with one attached hydrogen (secondary N) is 1. The fraction of sp³-hybridized carbons (Fsp3) is 0.808. The molecule has 1 heterocycles. The maximum Gasteiger partial charge on any atom is 0.333 e. The summed E-state index contributed by atoms with van der Waals surface area (Å²) in [5.74, 6) is -0.552. The average Bonchev–Trinajstić information content (AvgIpc) is 2.78. The Hall–Kier alpha value is -1.89. The number of likely N-dealkylation sites (tertiary alicyclic amines) is 1. The van der Waals surface area contributed by atoms with Crippen LogP contribution in [0.4, 0.5) is 0 Å². The van der Waals surface area contributed by atoms with Crippen molar-refractivity contribution in [3.05, 3.63) is 11.6 Å². The summed E-state index contributed by atoms with van der Waals surface area (Å²) < 4.78 is 5.10. The monoisotopic (exact) mass is 465 g/mol. The zero-order valence-corrected chi connectivity index (χ0v) is 22.3. The van der Waals surface area contributed by atoms with Crippen LogP contribution in [-0.2, 0) is 19.1 Å². The Morgan fingerprint density at radius 2 is 1.73 bits per heavy atom. The molecule has 1 N–H and O–H groups in total. The minimum Gasteiger partial charge on any atom is -0.463 e. The molecule has 0 aromatic heterocycles. The Balaban J connectivity index is 3.07. The van der Waals surface area contributed by atoms with Crippen molar-refractivity contribution >= 4 is 17.8 Å². The van der Waals surface area contributed by atoms with Crippen LogP contribution in [0, 0.1) is 11.8 Å². The van der Waals surface area contributed by atoms with E-state index in [4.69, 9.17) is 4.74 Å². The quantitative estimate of drug-likeness (QED) is 0.371. The van der Waals surface area contributed by atoms with Crippen LogP contribution >= 0.6 is 0 Å². The summed E-state index contributed by atoms with van der Waals surface area (Å²) in [5, 5.41) is 3.08. The maximum atomic E-state index is 13.5. The Kier molecular flexibility index (Phi) is 12.1. The molecule has 2 amide bonds. The van der Waals surface area contributed by atoms with Gasteiger partial charge >= 0.3 is 5.97 Å². The average molecular weight is 466 g/mol. The molecule has 7 heteroatoms. The van der Waals surface area contributed by atoms with Gasteiger partial charge in [0.15, 0.2) is 0 Å². The zero-order chi connectivity index (χ0) is 25.3. The number of carbonyl (C=O) groups excluding carboxylic acids is 3. The molecule has 4 unspecified atom stereocenters. The highest BCUT2D eigenvalue weighted by molar-refractivity contribution is 5.91. The van der Waals surface area contributed by atoms with E-state index in [9.17, 15) is 14.4 Å². The van der Waals surface area contributed by atoms with E-state index in [1.807, 2.05) is 27.7 Å². The van der Waals surface area contributed by atoms with Crippen molar-refractivity contribution in [3.8, 4) is 0 Å². The molecule has 1 saturated heterocycles. The van der Waals surface area contributed by atoms with E-state index >= 15 is 0 Å². The summed E-state index contributed by atoms with van der Waals surface area (Å²) in [6.45, 7) is 16.9. The van der Waals surface area contributed by atoms with Gasteiger partial charge in [-0.2, -0.15) is 0 Å². The third-order valence-corrected chi connectivity index (χ3v) is 6.73. The van der Waals surface area contributed by atoms with Crippen LogP contribution in [-0.4, -0.2) is 72.0 Å². The molecule has 1 fully saturated rings. The summed E-state index contributed by atoms with van der Waals surface area (Å²) in [4.78, 5) is 42.9. The third kappa shape index (κ3) is 8.13. The number of nitrogens with zero attached hydrogens (tertiary/aromatic N) is 2. The summed E-state index contributed by atoms with van der Waals surface area (Å²) in [7, 11) is 1.75. The fourth-order valence-corrected chi connectivity index (χ4v) is 4.45.